The van der Waals surface area contributed by atoms with Gasteiger partial charge in [0.25, 0.3) is 11.4 Å². The van der Waals surface area contributed by atoms with Crippen LogP contribution in [-0.2, 0) is 0 Å². The Morgan fingerprint density at radius 2 is 0.917 bits per heavy atom. The molecule has 0 atom stereocenters. The number of hydrogen-bond donors (Lipinski definition) is 0. The van der Waals surface area contributed by atoms with Gasteiger partial charge in [-0.15, -0.1) is 0 Å². The lowest BCUT2D eigenvalue weighted by Crippen LogP contribution is -1.91. The highest BCUT2D eigenvalue weighted by Gasteiger charge is 2.15. The van der Waals surface area contributed by atoms with E-state index in [0.717, 1.165) is 32.3 Å². The summed E-state index contributed by atoms with van der Waals surface area (Å²) in [6.45, 7) is 0. The van der Waals surface area contributed by atoms with Gasteiger partial charge in [-0.25, -0.2) is 0 Å². The molecule has 0 N–H and O–H groups in total. The van der Waals surface area contributed by atoms with Crippen molar-refractivity contribution in [2.75, 3.05) is 0 Å². The van der Waals surface area contributed by atoms with Crippen molar-refractivity contribution in [2.24, 2.45) is 0 Å². The number of non-ortho nitro benzene ring substituents is 2. The van der Waals surface area contributed by atoms with Crippen LogP contribution in [0.25, 0.3) is 32.3 Å². The maximum absolute atomic E-state index is 11.1. The smallest absolute Gasteiger partial charge is 0.258 e. The quantitative estimate of drug-likeness (QED) is 0.297. The first-order chi connectivity index (χ1) is 11.6. The molecule has 0 fully saturated rings. The summed E-state index contributed by atoms with van der Waals surface area (Å²) in [7, 11) is 0. The first-order valence-corrected chi connectivity index (χ1v) is 7.23. The van der Waals surface area contributed by atoms with E-state index in [9.17, 15) is 20.2 Å². The molecule has 0 aromatic heterocycles. The second kappa shape index (κ2) is 4.99. The van der Waals surface area contributed by atoms with Gasteiger partial charge >= 0.3 is 0 Å². The van der Waals surface area contributed by atoms with Crippen molar-refractivity contribution in [1.29, 1.82) is 0 Å². The Morgan fingerprint density at radius 1 is 0.542 bits per heavy atom. The van der Waals surface area contributed by atoms with Crippen LogP contribution in [-0.4, -0.2) is 9.85 Å². The van der Waals surface area contributed by atoms with Gasteiger partial charge in [-0.2, -0.15) is 0 Å². The van der Waals surface area contributed by atoms with Crippen molar-refractivity contribution in [1.82, 2.24) is 0 Å². The second-order valence-corrected chi connectivity index (χ2v) is 5.52. The van der Waals surface area contributed by atoms with E-state index in [2.05, 4.69) is 0 Å². The lowest BCUT2D eigenvalue weighted by Gasteiger charge is -2.10. The first kappa shape index (κ1) is 14.1. The molecule has 6 nitrogen and oxygen atoms in total. The molecule has 0 radical (unpaired) electrons. The van der Waals surface area contributed by atoms with E-state index in [0.29, 0.717) is 0 Å². The Morgan fingerprint density at radius 3 is 1.29 bits per heavy atom. The van der Waals surface area contributed by atoms with E-state index >= 15 is 0 Å². The topological polar surface area (TPSA) is 86.3 Å². The third kappa shape index (κ3) is 1.97. The minimum atomic E-state index is -0.422. The van der Waals surface area contributed by atoms with Crippen molar-refractivity contribution in [3.05, 3.63) is 80.9 Å². The van der Waals surface area contributed by atoms with Gasteiger partial charge in [0.05, 0.1) is 9.85 Å². The lowest BCUT2D eigenvalue weighted by molar-refractivity contribution is -0.384. The molecule has 0 saturated carbocycles. The van der Waals surface area contributed by atoms with Crippen molar-refractivity contribution in [2.45, 2.75) is 0 Å². The summed E-state index contributed by atoms with van der Waals surface area (Å²) in [5.41, 5.74) is 0.0443. The maximum atomic E-state index is 11.1. The van der Waals surface area contributed by atoms with Gasteiger partial charge in [-0.3, -0.25) is 20.2 Å². The van der Waals surface area contributed by atoms with Crippen LogP contribution in [0.5, 0.6) is 0 Å². The molecule has 0 amide bonds. The van der Waals surface area contributed by atoms with Crippen LogP contribution in [0.15, 0.2) is 60.7 Å². The van der Waals surface area contributed by atoms with E-state index in [1.54, 1.807) is 24.3 Å². The van der Waals surface area contributed by atoms with Crippen molar-refractivity contribution in [3.63, 3.8) is 0 Å². The van der Waals surface area contributed by atoms with E-state index in [4.69, 9.17) is 0 Å². The molecule has 0 bridgehead atoms. The van der Waals surface area contributed by atoms with Crippen LogP contribution in [0.3, 0.4) is 0 Å². The molecule has 4 aromatic rings. The van der Waals surface area contributed by atoms with Gasteiger partial charge in [-0.1, -0.05) is 24.3 Å². The molecule has 0 spiro atoms. The Labute approximate surface area is 135 Å². The van der Waals surface area contributed by atoms with Crippen molar-refractivity contribution in [3.8, 4) is 0 Å². The fourth-order valence-corrected chi connectivity index (χ4v) is 3.16. The Balaban J connectivity index is 2.25. The Bertz CT molecular complexity index is 1060. The van der Waals surface area contributed by atoms with Crippen LogP contribution in [0.4, 0.5) is 11.4 Å². The van der Waals surface area contributed by atoms with Gasteiger partial charge in [-0.05, 0) is 44.5 Å². The van der Waals surface area contributed by atoms with Crippen LogP contribution in [0.1, 0.15) is 0 Å². The fourth-order valence-electron chi connectivity index (χ4n) is 3.16. The molecule has 0 saturated heterocycles. The molecule has 6 heteroatoms. The third-order valence-electron chi connectivity index (χ3n) is 4.23. The van der Waals surface area contributed by atoms with Crippen LogP contribution >= 0.6 is 0 Å². The summed E-state index contributed by atoms with van der Waals surface area (Å²) in [5, 5.41) is 27.1. The van der Waals surface area contributed by atoms with Crippen LogP contribution in [0.2, 0.25) is 0 Å². The highest BCUT2D eigenvalue weighted by atomic mass is 16.6. The molecule has 0 aliphatic rings. The van der Waals surface area contributed by atoms with Crippen LogP contribution < -0.4 is 0 Å². The zero-order valence-corrected chi connectivity index (χ0v) is 12.3. The molecule has 116 valence electrons. The lowest BCUT2D eigenvalue weighted by atomic mass is 9.94. The summed E-state index contributed by atoms with van der Waals surface area (Å²) in [6.07, 6.45) is 0. The summed E-state index contributed by atoms with van der Waals surface area (Å²) >= 11 is 0. The predicted molar refractivity (Wildman–Crippen MR) is 92.3 cm³/mol. The molecule has 4 rings (SSSR count). The standard InChI is InChI=1S/C18H10N2O4/c21-19(22)11-5-7-15-16-8-6-12(20(23)24)10-18(16)14-4-2-1-3-13(14)17(15)9-11/h1-10H. The minimum Gasteiger partial charge on any atom is -0.258 e. The summed E-state index contributed by atoms with van der Waals surface area (Å²) < 4.78 is 0. The van der Waals surface area contributed by atoms with E-state index in [1.165, 1.54) is 12.1 Å². The Kier molecular flexibility index (Phi) is 2.93. The first-order valence-electron chi connectivity index (χ1n) is 7.23. The highest BCUT2D eigenvalue weighted by Crippen LogP contribution is 2.37. The number of hydrogen-bond acceptors (Lipinski definition) is 4. The number of nitrogens with zero attached hydrogens (tertiary/aromatic N) is 2. The molecule has 0 unspecified atom stereocenters. The molecule has 0 aliphatic carbocycles. The average Bonchev–Trinajstić information content (AvgIpc) is 2.61. The number of rotatable bonds is 2. The predicted octanol–water partition coefficient (Wildman–Crippen LogP) is 4.96. The normalized spacial score (nSPS) is 11.2. The van der Waals surface area contributed by atoms with Crippen molar-refractivity contribution >= 4 is 43.7 Å². The zero-order chi connectivity index (χ0) is 16.8. The highest BCUT2D eigenvalue weighted by molar-refractivity contribution is 6.25. The number of nitro benzene ring substituents is 2. The van der Waals surface area contributed by atoms with Crippen molar-refractivity contribution < 1.29 is 9.85 Å². The monoisotopic (exact) mass is 318 g/mol. The SMILES string of the molecule is O=[N+]([O-])c1ccc2c3ccc([N+](=O)[O-])cc3c3ccccc3c2c1. The molecular weight excluding hydrogens is 308 g/mol. The zero-order valence-electron chi connectivity index (χ0n) is 12.3. The average molecular weight is 318 g/mol. The van der Waals surface area contributed by atoms with Gasteiger partial charge in [0.2, 0.25) is 0 Å². The number of benzene rings is 4. The third-order valence-corrected chi connectivity index (χ3v) is 4.23. The molecule has 0 heterocycles. The van der Waals surface area contributed by atoms with Gasteiger partial charge in [0, 0.05) is 24.3 Å². The van der Waals surface area contributed by atoms with Gasteiger partial charge in [0.1, 0.15) is 0 Å². The summed E-state index contributed by atoms with van der Waals surface area (Å²) in [4.78, 5) is 21.3. The number of nitro groups is 2. The van der Waals surface area contributed by atoms with Gasteiger partial charge in [0.15, 0.2) is 0 Å². The largest absolute Gasteiger partial charge is 0.270 e. The maximum Gasteiger partial charge on any atom is 0.270 e. The van der Waals surface area contributed by atoms with E-state index < -0.39 is 9.85 Å². The molecule has 24 heavy (non-hydrogen) atoms. The minimum absolute atomic E-state index is 0.0221. The summed E-state index contributed by atoms with van der Waals surface area (Å²) in [6, 6.07) is 16.9. The number of fused-ring (bicyclic) bond motifs is 6. The Hall–Kier alpha value is -3.54. The molecule has 4 aromatic carbocycles. The van der Waals surface area contributed by atoms with E-state index in [1.807, 2.05) is 24.3 Å². The van der Waals surface area contributed by atoms with E-state index in [-0.39, 0.29) is 11.4 Å². The van der Waals surface area contributed by atoms with Crippen LogP contribution in [0, 0.1) is 20.2 Å². The van der Waals surface area contributed by atoms with Gasteiger partial charge < -0.3 is 0 Å². The summed E-state index contributed by atoms with van der Waals surface area (Å²) in [5.74, 6) is 0. The molecule has 0 aliphatic heterocycles. The fraction of sp³-hybridized carbons (Fsp3) is 0. The molecular formula is C18H10N2O4. The second-order valence-electron chi connectivity index (χ2n) is 5.52.